The van der Waals surface area contributed by atoms with Crippen LogP contribution in [-0.4, -0.2) is 53.0 Å². The van der Waals surface area contributed by atoms with Crippen molar-refractivity contribution in [2.45, 2.75) is 26.7 Å². The average Bonchev–Trinajstić information content (AvgIpc) is 2.71. The number of phenolic OH excluding ortho intramolecular Hbond substituents is 2. The highest BCUT2D eigenvalue weighted by Crippen LogP contribution is 2.49. The maximum atomic E-state index is 13.6. The predicted octanol–water partition coefficient (Wildman–Crippen LogP) is 2.25. The van der Waals surface area contributed by atoms with E-state index in [1.54, 1.807) is 6.07 Å². The number of aliphatic hydroxyl groups excluding tert-OH is 1. The smallest absolute Gasteiger partial charge is 0.308 e. The van der Waals surface area contributed by atoms with Crippen molar-refractivity contribution in [2.75, 3.05) is 19.0 Å². The molecule has 0 saturated carbocycles. The first-order chi connectivity index (χ1) is 16.4. The lowest BCUT2D eigenvalue weighted by Gasteiger charge is -2.34. The summed E-state index contributed by atoms with van der Waals surface area (Å²) in [5, 5.41) is 34.4. The molecule has 2 aromatic rings. The van der Waals surface area contributed by atoms with Gasteiger partial charge in [0.2, 0.25) is 5.91 Å². The zero-order valence-corrected chi connectivity index (χ0v) is 19.6. The Labute approximate surface area is 200 Å². The Morgan fingerprint density at radius 1 is 1.03 bits per heavy atom. The fourth-order valence-corrected chi connectivity index (χ4v) is 4.85. The fourth-order valence-electron chi connectivity index (χ4n) is 4.85. The third kappa shape index (κ3) is 3.86. The van der Waals surface area contributed by atoms with E-state index in [-0.39, 0.29) is 28.9 Å². The van der Waals surface area contributed by atoms with Gasteiger partial charge in [-0.15, -0.1) is 0 Å². The molecule has 0 radical (unpaired) electrons. The summed E-state index contributed by atoms with van der Waals surface area (Å²) >= 11 is 0. The number of Topliss-reactive ketones (excluding diaryl/α,β-unsaturated/α-hetero) is 1. The minimum absolute atomic E-state index is 0.00761. The second-order valence-corrected chi connectivity index (χ2v) is 8.79. The second-order valence-electron chi connectivity index (χ2n) is 8.79. The summed E-state index contributed by atoms with van der Waals surface area (Å²) in [6, 6.07) is 4.37. The Balaban J connectivity index is 1.98. The van der Waals surface area contributed by atoms with Crippen LogP contribution in [0.25, 0.3) is 5.76 Å². The van der Waals surface area contributed by atoms with Crippen molar-refractivity contribution in [2.24, 2.45) is 5.92 Å². The van der Waals surface area contributed by atoms with Gasteiger partial charge in [0, 0.05) is 39.2 Å². The van der Waals surface area contributed by atoms with Gasteiger partial charge in [-0.05, 0) is 48.1 Å². The molecule has 2 aliphatic carbocycles. The summed E-state index contributed by atoms with van der Waals surface area (Å²) in [5.74, 6) is -5.44. The van der Waals surface area contributed by atoms with E-state index < -0.39 is 52.3 Å². The van der Waals surface area contributed by atoms with E-state index in [0.29, 0.717) is 17.5 Å². The molecule has 2 amide bonds. The van der Waals surface area contributed by atoms with Crippen molar-refractivity contribution >= 4 is 35.0 Å². The van der Waals surface area contributed by atoms with Crippen molar-refractivity contribution < 1.29 is 39.2 Å². The third-order valence-electron chi connectivity index (χ3n) is 6.14. The number of aliphatic hydroxyl groups is 1. The van der Waals surface area contributed by atoms with Crippen molar-refractivity contribution in [1.82, 2.24) is 5.32 Å². The molecule has 10 nitrogen and oxygen atoms in total. The first-order valence-electron chi connectivity index (χ1n) is 10.8. The summed E-state index contributed by atoms with van der Waals surface area (Å²) in [6.45, 7) is 2.16. The van der Waals surface area contributed by atoms with E-state index in [1.807, 2.05) is 24.3 Å². The molecule has 0 bridgehead atoms. The van der Waals surface area contributed by atoms with Gasteiger partial charge < -0.3 is 25.0 Å². The van der Waals surface area contributed by atoms with Crippen LogP contribution >= 0.6 is 0 Å². The summed E-state index contributed by atoms with van der Waals surface area (Å²) in [4.78, 5) is 51.3. The van der Waals surface area contributed by atoms with Crippen LogP contribution in [0.2, 0.25) is 0 Å². The number of nitrogens with zero attached hydrogens (tertiary/aromatic N) is 1. The molecule has 0 heterocycles. The van der Waals surface area contributed by atoms with E-state index in [2.05, 4.69) is 0 Å². The van der Waals surface area contributed by atoms with Gasteiger partial charge in [0.05, 0.1) is 11.1 Å². The number of aromatic hydroxyl groups is 2. The molecule has 2 aliphatic rings. The van der Waals surface area contributed by atoms with Crippen LogP contribution < -0.4 is 15.0 Å². The van der Waals surface area contributed by atoms with Gasteiger partial charge in [-0.2, -0.15) is 0 Å². The van der Waals surface area contributed by atoms with Gasteiger partial charge in [-0.25, -0.2) is 0 Å². The number of imide groups is 1. The number of hydrogen-bond donors (Lipinski definition) is 4. The van der Waals surface area contributed by atoms with E-state index in [9.17, 15) is 34.5 Å². The lowest BCUT2D eigenvalue weighted by molar-refractivity contribution is -0.131. The van der Waals surface area contributed by atoms with Crippen LogP contribution in [-0.2, 0) is 22.4 Å². The molecule has 4 N–H and O–H groups in total. The number of rotatable bonds is 3. The summed E-state index contributed by atoms with van der Waals surface area (Å²) in [5.41, 5.74) is 1.18. The first-order valence-corrected chi connectivity index (χ1v) is 10.8. The van der Waals surface area contributed by atoms with E-state index in [1.165, 1.54) is 12.1 Å². The molecule has 182 valence electrons. The molecule has 2 aromatic carbocycles. The van der Waals surface area contributed by atoms with Crippen LogP contribution in [0.1, 0.15) is 51.3 Å². The van der Waals surface area contributed by atoms with Crippen LogP contribution in [0.4, 0.5) is 5.69 Å². The number of phenols is 2. The Bertz CT molecular complexity index is 1360. The number of ether oxygens (including phenoxy) is 1. The largest absolute Gasteiger partial charge is 0.507 e. The quantitative estimate of drug-likeness (QED) is 0.383. The normalized spacial score (nSPS) is 16.1. The van der Waals surface area contributed by atoms with Gasteiger partial charge in [0.1, 0.15) is 22.8 Å². The monoisotopic (exact) mass is 480 g/mol. The molecule has 4 rings (SSSR count). The Hall–Kier alpha value is -4.34. The molecule has 0 fully saturated rings. The van der Waals surface area contributed by atoms with Crippen molar-refractivity contribution in [1.29, 1.82) is 0 Å². The van der Waals surface area contributed by atoms with Crippen LogP contribution in [0.3, 0.4) is 0 Å². The summed E-state index contributed by atoms with van der Waals surface area (Å²) in [7, 11) is 3.63. The van der Waals surface area contributed by atoms with Gasteiger partial charge in [-0.1, -0.05) is 0 Å². The molecule has 0 spiro atoms. The van der Waals surface area contributed by atoms with Crippen LogP contribution in [0.5, 0.6) is 17.2 Å². The molecule has 0 unspecified atom stereocenters. The minimum atomic E-state index is -1.04. The number of hydrogen-bond acceptors (Lipinski definition) is 9. The number of allylic oxidation sites excluding steroid dienone is 1. The highest BCUT2D eigenvalue weighted by molar-refractivity contribution is 6.18. The number of fused-ring (bicyclic) bond motifs is 3. The maximum absolute atomic E-state index is 13.6. The van der Waals surface area contributed by atoms with Crippen molar-refractivity contribution in [3.05, 3.63) is 51.6 Å². The zero-order valence-electron chi connectivity index (χ0n) is 19.6. The number of nitrogens with one attached hydrogen (secondary N) is 1. The minimum Gasteiger partial charge on any atom is -0.507 e. The Kier molecular flexibility index (Phi) is 5.75. The van der Waals surface area contributed by atoms with Gasteiger partial charge in [0.15, 0.2) is 11.5 Å². The molecule has 0 aromatic heterocycles. The molecule has 35 heavy (non-hydrogen) atoms. The lowest BCUT2D eigenvalue weighted by atomic mass is 9.70. The van der Waals surface area contributed by atoms with Gasteiger partial charge in [-0.3, -0.25) is 24.5 Å². The molecular formula is C25H24N2O8. The standard InChI is InChI=1S/C25H24N2O8/c1-10(28)26-25(34)21-17(31)9-13-7-12-8-14-15(27(3)4)5-6-16(30)20(14)23(33)18(12)22(32)19(13)24(21)35-11(2)29/h5-6,9,12,30-32H,7-8H2,1-4H3,(H,26,28,34)/t12-/m1/s1. The van der Waals surface area contributed by atoms with Crippen LogP contribution in [0.15, 0.2) is 23.8 Å². The average molecular weight is 480 g/mol. The predicted molar refractivity (Wildman–Crippen MR) is 125 cm³/mol. The molecular weight excluding hydrogens is 456 g/mol. The molecule has 10 heteroatoms. The van der Waals surface area contributed by atoms with Crippen molar-refractivity contribution in [3.63, 3.8) is 0 Å². The number of esters is 1. The van der Waals surface area contributed by atoms with E-state index in [4.69, 9.17) is 4.74 Å². The zero-order chi connectivity index (χ0) is 25.8. The topological polar surface area (TPSA) is 153 Å². The Morgan fingerprint density at radius 2 is 1.71 bits per heavy atom. The van der Waals surface area contributed by atoms with Crippen molar-refractivity contribution in [3.8, 4) is 17.2 Å². The van der Waals surface area contributed by atoms with Gasteiger partial charge in [0.25, 0.3) is 5.91 Å². The lowest BCUT2D eigenvalue weighted by Crippen LogP contribution is -2.32. The van der Waals surface area contributed by atoms with E-state index >= 15 is 0 Å². The van der Waals surface area contributed by atoms with Crippen LogP contribution in [0, 0.1) is 5.92 Å². The fraction of sp³-hybridized carbons (Fsp3) is 0.280. The molecule has 0 aliphatic heterocycles. The van der Waals surface area contributed by atoms with Gasteiger partial charge >= 0.3 is 5.97 Å². The number of benzene rings is 2. The first kappa shape index (κ1) is 23.8. The summed E-state index contributed by atoms with van der Waals surface area (Å²) < 4.78 is 5.22. The number of carbonyl (C=O) groups is 4. The SMILES string of the molecule is CC(=O)NC(=O)c1c(O)cc2c(c1OC(C)=O)C(O)=C1C(=O)c3c(O)ccc(N(C)C)c3C[C@H]1C2. The number of anilines is 1. The second kappa shape index (κ2) is 8.46. The third-order valence-corrected chi connectivity index (χ3v) is 6.14. The maximum Gasteiger partial charge on any atom is 0.308 e. The Morgan fingerprint density at radius 3 is 2.31 bits per heavy atom. The number of ketones is 1. The highest BCUT2D eigenvalue weighted by Gasteiger charge is 2.42. The number of carbonyl (C=O) groups excluding carboxylic acids is 4. The number of amides is 2. The van der Waals surface area contributed by atoms with E-state index in [0.717, 1.165) is 19.5 Å². The highest BCUT2D eigenvalue weighted by atomic mass is 16.5. The summed E-state index contributed by atoms with van der Waals surface area (Å²) in [6.07, 6.45) is 0.497. The molecule has 1 atom stereocenters. The molecule has 0 saturated heterocycles.